The van der Waals surface area contributed by atoms with Crippen LogP contribution in [0.15, 0.2) is 60.0 Å². The van der Waals surface area contributed by atoms with Crippen LogP contribution in [0.5, 0.6) is 0 Å². The quantitative estimate of drug-likeness (QED) is 0.642. The number of para-hydroxylation sites is 1. The van der Waals surface area contributed by atoms with Crippen molar-refractivity contribution in [1.29, 1.82) is 0 Å². The van der Waals surface area contributed by atoms with Crippen molar-refractivity contribution < 1.29 is 9.18 Å². The maximum atomic E-state index is 13.8. The average Bonchev–Trinajstić information content (AvgIpc) is 2.46. The van der Waals surface area contributed by atoms with E-state index in [1.54, 1.807) is 36.9 Å². The molecule has 108 valence electrons. The molecule has 0 radical (unpaired) electrons. The molecule has 2 nitrogen and oxygen atoms in total. The molecule has 0 aliphatic rings. The van der Waals surface area contributed by atoms with E-state index < -0.39 is 11.7 Å². The van der Waals surface area contributed by atoms with Crippen LogP contribution in [0.3, 0.4) is 0 Å². The lowest BCUT2D eigenvalue weighted by atomic mass is 10.1. The lowest BCUT2D eigenvalue weighted by Crippen LogP contribution is -2.14. The van der Waals surface area contributed by atoms with Crippen LogP contribution in [0.1, 0.15) is 15.9 Å². The molecule has 1 N–H and O–H groups in total. The molecule has 0 aromatic heterocycles. The molecule has 4 heteroatoms. The number of hydrogen-bond donors (Lipinski definition) is 1. The minimum atomic E-state index is -0.510. The van der Waals surface area contributed by atoms with E-state index in [9.17, 15) is 9.18 Å². The predicted molar refractivity (Wildman–Crippen MR) is 86.5 cm³/mol. The summed E-state index contributed by atoms with van der Waals surface area (Å²) in [7, 11) is 0. The smallest absolute Gasteiger partial charge is 0.258 e. The second-order valence-corrected chi connectivity index (χ2v) is 5.60. The van der Waals surface area contributed by atoms with Crippen molar-refractivity contribution in [1.82, 2.24) is 0 Å². The van der Waals surface area contributed by atoms with Crippen LogP contribution in [0.25, 0.3) is 0 Å². The summed E-state index contributed by atoms with van der Waals surface area (Å²) in [6, 6.07) is 12.0. The highest BCUT2D eigenvalue weighted by atomic mass is 32.2. The summed E-state index contributed by atoms with van der Waals surface area (Å²) in [6.07, 6.45) is 1.79. The van der Waals surface area contributed by atoms with Gasteiger partial charge in [-0.25, -0.2) is 4.39 Å². The van der Waals surface area contributed by atoms with Gasteiger partial charge < -0.3 is 5.32 Å². The molecule has 0 bridgehead atoms. The predicted octanol–water partition coefficient (Wildman–Crippen LogP) is 4.66. The Hall–Kier alpha value is -2.07. The van der Waals surface area contributed by atoms with Gasteiger partial charge in [-0.05, 0) is 36.8 Å². The summed E-state index contributed by atoms with van der Waals surface area (Å²) in [6.45, 7) is 5.46. The summed E-state index contributed by atoms with van der Waals surface area (Å²) in [5, 5.41) is 2.76. The zero-order valence-electron chi connectivity index (χ0n) is 11.7. The normalized spacial score (nSPS) is 10.2. The zero-order valence-corrected chi connectivity index (χ0v) is 12.5. The number of hydrogen-bond acceptors (Lipinski definition) is 2. The standard InChI is InChI=1S/C17H16FNOS/c1-3-10-21-16-7-5-4-6-15(16)19-17(20)13-9-8-12(2)11-14(13)18/h3-9,11H,1,10H2,2H3,(H,19,20). The number of thioether (sulfide) groups is 1. The van der Waals surface area contributed by atoms with Crippen molar-refractivity contribution in [3.8, 4) is 0 Å². The number of amides is 1. The monoisotopic (exact) mass is 301 g/mol. The van der Waals surface area contributed by atoms with Gasteiger partial charge in [0, 0.05) is 10.6 Å². The van der Waals surface area contributed by atoms with Crippen molar-refractivity contribution in [2.45, 2.75) is 11.8 Å². The molecular formula is C17H16FNOS. The summed E-state index contributed by atoms with van der Waals surface area (Å²) in [4.78, 5) is 13.1. The van der Waals surface area contributed by atoms with E-state index in [0.29, 0.717) is 5.69 Å². The number of carbonyl (C=O) groups is 1. The van der Waals surface area contributed by atoms with Crippen LogP contribution in [-0.4, -0.2) is 11.7 Å². The lowest BCUT2D eigenvalue weighted by Gasteiger charge is -2.10. The minimum Gasteiger partial charge on any atom is -0.321 e. The molecule has 0 aliphatic heterocycles. The van der Waals surface area contributed by atoms with E-state index in [-0.39, 0.29) is 5.56 Å². The molecule has 2 rings (SSSR count). The number of rotatable bonds is 5. The largest absolute Gasteiger partial charge is 0.321 e. The van der Waals surface area contributed by atoms with E-state index in [1.165, 1.54) is 12.1 Å². The summed E-state index contributed by atoms with van der Waals surface area (Å²) < 4.78 is 13.8. The van der Waals surface area contributed by atoms with Gasteiger partial charge in [-0.1, -0.05) is 24.3 Å². The molecule has 0 saturated carbocycles. The van der Waals surface area contributed by atoms with Crippen LogP contribution in [0, 0.1) is 12.7 Å². The van der Waals surface area contributed by atoms with Crippen molar-refractivity contribution in [3.05, 3.63) is 72.1 Å². The van der Waals surface area contributed by atoms with E-state index >= 15 is 0 Å². The van der Waals surface area contributed by atoms with Crippen molar-refractivity contribution in [3.63, 3.8) is 0 Å². The Balaban J connectivity index is 2.21. The zero-order chi connectivity index (χ0) is 15.2. The highest BCUT2D eigenvalue weighted by Gasteiger charge is 2.13. The first-order valence-electron chi connectivity index (χ1n) is 6.52. The lowest BCUT2D eigenvalue weighted by molar-refractivity contribution is 0.102. The fraction of sp³-hybridized carbons (Fsp3) is 0.118. The molecule has 1 amide bonds. The molecule has 0 aliphatic carbocycles. The van der Waals surface area contributed by atoms with Gasteiger partial charge >= 0.3 is 0 Å². The molecule has 21 heavy (non-hydrogen) atoms. The molecule has 0 atom stereocenters. The van der Waals surface area contributed by atoms with Gasteiger partial charge in [-0.15, -0.1) is 18.3 Å². The molecule has 0 unspecified atom stereocenters. The minimum absolute atomic E-state index is 0.0455. The first kappa shape index (κ1) is 15.3. The number of nitrogens with one attached hydrogen (secondary N) is 1. The molecule has 0 fully saturated rings. The third kappa shape index (κ3) is 3.95. The Kier molecular flexibility index (Phi) is 5.17. The maximum absolute atomic E-state index is 13.8. The van der Waals surface area contributed by atoms with Gasteiger partial charge in [-0.3, -0.25) is 4.79 Å². The molecule has 2 aromatic rings. The van der Waals surface area contributed by atoms with Gasteiger partial charge in [0.2, 0.25) is 0 Å². The fourth-order valence-electron chi connectivity index (χ4n) is 1.84. The van der Waals surface area contributed by atoms with E-state index in [2.05, 4.69) is 11.9 Å². The number of halogens is 1. The number of anilines is 1. The Bertz CT molecular complexity index is 670. The molecule has 0 heterocycles. The Morgan fingerprint density at radius 1 is 1.33 bits per heavy atom. The number of benzene rings is 2. The first-order valence-corrected chi connectivity index (χ1v) is 7.50. The van der Waals surface area contributed by atoms with Gasteiger partial charge in [0.05, 0.1) is 11.3 Å². The Labute approximate surface area is 128 Å². The third-order valence-electron chi connectivity index (χ3n) is 2.86. The van der Waals surface area contributed by atoms with Gasteiger partial charge in [0.15, 0.2) is 0 Å². The number of aryl methyl sites for hydroxylation is 1. The average molecular weight is 301 g/mol. The van der Waals surface area contributed by atoms with Crippen LogP contribution >= 0.6 is 11.8 Å². The summed E-state index contributed by atoms with van der Waals surface area (Å²) >= 11 is 1.56. The van der Waals surface area contributed by atoms with Crippen LogP contribution in [-0.2, 0) is 0 Å². The van der Waals surface area contributed by atoms with Gasteiger partial charge in [0.25, 0.3) is 5.91 Å². The molecule has 2 aromatic carbocycles. The second-order valence-electron chi connectivity index (χ2n) is 4.53. The molecule has 0 saturated heterocycles. The van der Waals surface area contributed by atoms with E-state index in [0.717, 1.165) is 16.2 Å². The first-order chi connectivity index (χ1) is 10.1. The van der Waals surface area contributed by atoms with Crippen LogP contribution in [0.2, 0.25) is 0 Å². The second kappa shape index (κ2) is 7.09. The summed E-state index contributed by atoms with van der Waals surface area (Å²) in [5.74, 6) is -0.214. The topological polar surface area (TPSA) is 29.1 Å². The summed E-state index contributed by atoms with van der Waals surface area (Å²) in [5.41, 5.74) is 1.50. The Morgan fingerprint density at radius 2 is 2.10 bits per heavy atom. The van der Waals surface area contributed by atoms with Gasteiger partial charge in [-0.2, -0.15) is 0 Å². The third-order valence-corrected chi connectivity index (χ3v) is 3.93. The molecular weight excluding hydrogens is 285 g/mol. The van der Waals surface area contributed by atoms with Crippen molar-refractivity contribution in [2.24, 2.45) is 0 Å². The molecule has 0 spiro atoms. The van der Waals surface area contributed by atoms with E-state index in [4.69, 9.17) is 0 Å². The van der Waals surface area contributed by atoms with Gasteiger partial charge in [0.1, 0.15) is 5.82 Å². The fourth-order valence-corrected chi connectivity index (χ4v) is 2.59. The highest BCUT2D eigenvalue weighted by Crippen LogP contribution is 2.27. The van der Waals surface area contributed by atoms with Crippen LogP contribution in [0.4, 0.5) is 10.1 Å². The highest BCUT2D eigenvalue weighted by molar-refractivity contribution is 7.99. The van der Waals surface area contributed by atoms with Crippen molar-refractivity contribution >= 4 is 23.4 Å². The van der Waals surface area contributed by atoms with Crippen LogP contribution < -0.4 is 5.32 Å². The van der Waals surface area contributed by atoms with Crippen molar-refractivity contribution in [2.75, 3.05) is 11.1 Å². The maximum Gasteiger partial charge on any atom is 0.258 e. The number of carbonyl (C=O) groups excluding carboxylic acids is 1. The van der Waals surface area contributed by atoms with E-state index in [1.807, 2.05) is 18.2 Å². The SMILES string of the molecule is C=CCSc1ccccc1NC(=O)c1ccc(C)cc1F. The Morgan fingerprint density at radius 3 is 2.81 bits per heavy atom.